The number of halogens is 1. The zero-order chi connectivity index (χ0) is 38.1. The highest BCUT2D eigenvalue weighted by molar-refractivity contribution is 6.32. The number of carbonyl (C=O) groups is 4. The number of anilines is 6. The standard InChI is InChI=1S/C39H41ClN10O5/c1-55-33-22-28(8-10-31(33)43-38-41-23-30(40)35(45-38)42-26-5-3-2-4-6-26)47-15-19-49(20-16-47)39(54)48-17-13-46(14-18-48)27-7-9-29-25(21-27)24-50(37(29)53)32-11-12-34(51)44-36(32)52/h2-10,21-23,32H,11-20,24H2,1H3,(H,44,51,52)(H2,41,42,43,45). The number of piperidine rings is 1. The smallest absolute Gasteiger partial charge is 0.320 e. The average molecular weight is 765 g/mol. The number of ether oxygens (including phenoxy) is 1. The highest BCUT2D eigenvalue weighted by Crippen LogP contribution is 2.34. The number of imide groups is 1. The van der Waals surface area contributed by atoms with Crippen molar-refractivity contribution < 1.29 is 23.9 Å². The van der Waals surface area contributed by atoms with E-state index in [2.05, 4.69) is 35.7 Å². The number of nitrogens with zero attached hydrogens (tertiary/aromatic N) is 7. The third kappa shape index (κ3) is 7.52. The number of rotatable bonds is 8. The minimum Gasteiger partial charge on any atom is -0.494 e. The molecular formula is C39H41ClN10O5. The van der Waals surface area contributed by atoms with Crippen molar-refractivity contribution >= 4 is 69.9 Å². The quantitative estimate of drug-likeness (QED) is 0.218. The second-order valence-corrected chi connectivity index (χ2v) is 14.3. The molecule has 284 valence electrons. The SMILES string of the molecule is COc1cc(N2CCN(C(=O)N3CCN(c4ccc5c(c4)CN(C4CCC(=O)NC4=O)C5=O)CC3)CC2)ccc1Nc1ncc(Cl)c(Nc2ccccc2)n1. The number of fused-ring (bicyclic) bond motifs is 1. The van der Waals surface area contributed by atoms with Gasteiger partial charge in [0.15, 0.2) is 5.82 Å². The van der Waals surface area contributed by atoms with E-state index in [0.717, 1.165) is 22.6 Å². The van der Waals surface area contributed by atoms with Crippen LogP contribution in [0.2, 0.25) is 5.02 Å². The van der Waals surface area contributed by atoms with Crippen molar-refractivity contribution in [1.29, 1.82) is 0 Å². The largest absolute Gasteiger partial charge is 0.494 e. The van der Waals surface area contributed by atoms with Gasteiger partial charge < -0.3 is 39.9 Å². The van der Waals surface area contributed by atoms with Crippen LogP contribution in [-0.4, -0.2) is 114 Å². The number of methoxy groups -OCH3 is 1. The Morgan fingerprint density at radius 1 is 0.855 bits per heavy atom. The van der Waals surface area contributed by atoms with Crippen LogP contribution in [-0.2, 0) is 16.1 Å². The van der Waals surface area contributed by atoms with Crippen molar-refractivity contribution in [1.82, 2.24) is 30.0 Å². The van der Waals surface area contributed by atoms with Crippen LogP contribution in [0.1, 0.15) is 28.8 Å². The number of urea groups is 1. The lowest BCUT2D eigenvalue weighted by Crippen LogP contribution is -2.57. The van der Waals surface area contributed by atoms with Gasteiger partial charge >= 0.3 is 6.03 Å². The number of benzene rings is 3. The molecule has 1 atom stereocenters. The number of hydrogen-bond donors (Lipinski definition) is 3. The first kappa shape index (κ1) is 35.9. The van der Waals surface area contributed by atoms with E-state index in [4.69, 9.17) is 16.3 Å². The van der Waals surface area contributed by atoms with Gasteiger partial charge in [0.2, 0.25) is 17.8 Å². The molecule has 0 spiro atoms. The molecule has 1 aromatic heterocycles. The first-order valence-corrected chi connectivity index (χ1v) is 18.7. The zero-order valence-corrected chi connectivity index (χ0v) is 31.1. The van der Waals surface area contributed by atoms with E-state index < -0.39 is 11.9 Å². The fourth-order valence-electron chi connectivity index (χ4n) is 7.54. The summed E-state index contributed by atoms with van der Waals surface area (Å²) in [7, 11) is 1.62. The van der Waals surface area contributed by atoms with Crippen molar-refractivity contribution in [2.24, 2.45) is 0 Å². The molecule has 5 amide bonds. The van der Waals surface area contributed by atoms with Gasteiger partial charge in [-0.2, -0.15) is 4.98 Å². The third-order valence-electron chi connectivity index (χ3n) is 10.6. The molecule has 3 fully saturated rings. The maximum Gasteiger partial charge on any atom is 0.320 e. The summed E-state index contributed by atoms with van der Waals surface area (Å²) in [5.74, 6) is 0.573. The Bertz CT molecular complexity index is 2120. The Morgan fingerprint density at radius 2 is 1.53 bits per heavy atom. The molecule has 1 unspecified atom stereocenters. The number of nitrogens with one attached hydrogen (secondary N) is 3. The monoisotopic (exact) mass is 764 g/mol. The summed E-state index contributed by atoms with van der Waals surface area (Å²) < 4.78 is 5.74. The van der Waals surface area contributed by atoms with E-state index in [1.54, 1.807) is 18.2 Å². The van der Waals surface area contributed by atoms with Crippen LogP contribution in [0, 0.1) is 0 Å². The fraction of sp³-hybridized carbons (Fsp3) is 0.333. The maximum absolute atomic E-state index is 13.6. The molecule has 16 heteroatoms. The molecule has 55 heavy (non-hydrogen) atoms. The maximum atomic E-state index is 13.6. The number of carbonyl (C=O) groups excluding carboxylic acids is 4. The van der Waals surface area contributed by atoms with Crippen LogP contribution in [0.3, 0.4) is 0 Å². The van der Waals surface area contributed by atoms with E-state index in [-0.39, 0.29) is 24.3 Å². The van der Waals surface area contributed by atoms with Crippen molar-refractivity contribution in [2.45, 2.75) is 25.4 Å². The van der Waals surface area contributed by atoms with Gasteiger partial charge in [-0.25, -0.2) is 9.78 Å². The van der Waals surface area contributed by atoms with E-state index >= 15 is 0 Å². The van der Waals surface area contributed by atoms with Crippen molar-refractivity contribution in [2.75, 3.05) is 79.9 Å². The Morgan fingerprint density at radius 3 is 2.20 bits per heavy atom. The summed E-state index contributed by atoms with van der Waals surface area (Å²) in [6.45, 7) is 5.40. The molecule has 3 saturated heterocycles. The van der Waals surface area contributed by atoms with Gasteiger partial charge in [0.1, 0.15) is 16.8 Å². The van der Waals surface area contributed by atoms with Crippen molar-refractivity contribution in [3.63, 3.8) is 0 Å². The lowest BCUT2D eigenvalue weighted by molar-refractivity contribution is -0.136. The Hall–Kier alpha value is -6.09. The number of para-hydroxylation sites is 1. The molecule has 4 aromatic rings. The van der Waals surface area contributed by atoms with Crippen LogP contribution >= 0.6 is 11.6 Å². The molecule has 3 N–H and O–H groups in total. The summed E-state index contributed by atoms with van der Waals surface area (Å²) in [5, 5.41) is 9.21. The number of hydrogen-bond acceptors (Lipinski definition) is 11. The first-order valence-electron chi connectivity index (χ1n) is 18.3. The molecule has 15 nitrogen and oxygen atoms in total. The molecule has 8 rings (SSSR count). The zero-order valence-electron chi connectivity index (χ0n) is 30.3. The highest BCUT2D eigenvalue weighted by Gasteiger charge is 2.39. The molecule has 4 aliphatic rings. The minimum atomic E-state index is -0.641. The predicted molar refractivity (Wildman–Crippen MR) is 208 cm³/mol. The van der Waals surface area contributed by atoms with E-state index in [9.17, 15) is 19.2 Å². The molecule has 4 aliphatic heterocycles. The predicted octanol–water partition coefficient (Wildman–Crippen LogP) is 4.45. The minimum absolute atomic E-state index is 0.0416. The van der Waals surface area contributed by atoms with Gasteiger partial charge in [0.25, 0.3) is 5.91 Å². The normalized spacial score (nSPS) is 18.6. The van der Waals surface area contributed by atoms with Crippen LogP contribution in [0.5, 0.6) is 5.75 Å². The topological polar surface area (TPSA) is 156 Å². The van der Waals surface area contributed by atoms with Crippen molar-refractivity contribution in [3.05, 3.63) is 89.1 Å². The molecule has 0 saturated carbocycles. The fourth-order valence-corrected chi connectivity index (χ4v) is 7.68. The second kappa shape index (κ2) is 15.3. The number of amides is 5. The molecule has 3 aromatic carbocycles. The van der Waals surface area contributed by atoms with Gasteiger partial charge in [0, 0.05) is 94.0 Å². The average Bonchev–Trinajstić information content (AvgIpc) is 3.54. The molecule has 0 bridgehead atoms. The molecule has 0 aliphatic carbocycles. The summed E-state index contributed by atoms with van der Waals surface area (Å²) in [4.78, 5) is 69.5. The summed E-state index contributed by atoms with van der Waals surface area (Å²) in [5.41, 5.74) is 4.99. The van der Waals surface area contributed by atoms with Gasteiger partial charge in [-0.3, -0.25) is 19.7 Å². The highest BCUT2D eigenvalue weighted by atomic mass is 35.5. The summed E-state index contributed by atoms with van der Waals surface area (Å²) in [6, 6.07) is 20.7. The Labute approximate surface area is 323 Å². The van der Waals surface area contributed by atoms with Crippen LogP contribution in [0.4, 0.5) is 39.3 Å². The van der Waals surface area contributed by atoms with Gasteiger partial charge in [-0.1, -0.05) is 29.8 Å². The van der Waals surface area contributed by atoms with Crippen LogP contribution < -0.4 is 30.5 Å². The van der Waals surface area contributed by atoms with Gasteiger partial charge in [-0.15, -0.1) is 0 Å². The third-order valence-corrected chi connectivity index (χ3v) is 10.8. The van der Waals surface area contributed by atoms with E-state index in [0.29, 0.717) is 99.1 Å². The number of aromatic nitrogens is 2. The van der Waals surface area contributed by atoms with E-state index in [1.807, 2.05) is 76.5 Å². The van der Waals surface area contributed by atoms with Gasteiger partial charge in [-0.05, 0) is 54.4 Å². The molecule has 0 radical (unpaired) electrons. The summed E-state index contributed by atoms with van der Waals surface area (Å²) in [6.07, 6.45) is 2.10. The second-order valence-electron chi connectivity index (χ2n) is 13.9. The Balaban J connectivity index is 0.832. The first-order chi connectivity index (χ1) is 26.7. The Kier molecular flexibility index (Phi) is 10.0. The van der Waals surface area contributed by atoms with Gasteiger partial charge in [0.05, 0.1) is 19.0 Å². The molecule has 5 heterocycles. The summed E-state index contributed by atoms with van der Waals surface area (Å²) >= 11 is 6.37. The lowest BCUT2D eigenvalue weighted by atomic mass is 10.0. The van der Waals surface area contributed by atoms with Crippen LogP contribution in [0.15, 0.2) is 72.9 Å². The number of piperazine rings is 2. The molecular weight excluding hydrogens is 724 g/mol. The lowest BCUT2D eigenvalue weighted by Gasteiger charge is -2.41. The van der Waals surface area contributed by atoms with Crippen molar-refractivity contribution in [3.8, 4) is 5.75 Å². The van der Waals surface area contributed by atoms with E-state index in [1.165, 1.54) is 0 Å². The van der Waals surface area contributed by atoms with Crippen LogP contribution in [0.25, 0.3) is 0 Å².